The Morgan fingerprint density at radius 3 is 2.86 bits per heavy atom. The third kappa shape index (κ3) is 2.17. The molecule has 4 nitrogen and oxygen atoms in total. The smallest absolute Gasteiger partial charge is 0.160 e. The van der Waals surface area contributed by atoms with Crippen molar-refractivity contribution >= 4 is 11.2 Å². The van der Waals surface area contributed by atoms with Gasteiger partial charge in [0.25, 0.3) is 0 Å². The number of imidazole rings is 1. The molecule has 0 aliphatic heterocycles. The lowest BCUT2D eigenvalue weighted by Crippen LogP contribution is -2.04. The van der Waals surface area contributed by atoms with Gasteiger partial charge < -0.3 is 9.30 Å². The minimum Gasteiger partial charge on any atom is -0.496 e. The minimum atomic E-state index is 0.564. The fraction of sp³-hybridized carbons (Fsp3) is 0.294. The second kappa shape index (κ2) is 4.88. The molecule has 0 saturated heterocycles. The van der Waals surface area contributed by atoms with Crippen molar-refractivity contribution in [2.75, 3.05) is 7.11 Å². The maximum Gasteiger partial charge on any atom is 0.160 e. The van der Waals surface area contributed by atoms with Crippen molar-refractivity contribution < 1.29 is 4.74 Å². The topological polar surface area (TPSA) is 39.9 Å². The number of nitrogens with zero attached hydrogens (tertiary/aromatic N) is 3. The number of pyridine rings is 1. The second-order valence-corrected chi connectivity index (χ2v) is 5.46. The zero-order chi connectivity index (χ0) is 14.2. The first-order valence-electron chi connectivity index (χ1n) is 7.30. The Hall–Kier alpha value is -2.36. The van der Waals surface area contributed by atoms with Crippen LogP contribution in [0.2, 0.25) is 0 Å². The fourth-order valence-corrected chi connectivity index (χ4v) is 2.84. The molecule has 1 fully saturated rings. The van der Waals surface area contributed by atoms with Crippen LogP contribution >= 0.6 is 0 Å². The van der Waals surface area contributed by atoms with E-state index in [1.807, 2.05) is 36.5 Å². The molecule has 4 heteroatoms. The summed E-state index contributed by atoms with van der Waals surface area (Å²) in [5.41, 5.74) is 3.15. The largest absolute Gasteiger partial charge is 0.496 e. The monoisotopic (exact) mass is 279 g/mol. The van der Waals surface area contributed by atoms with Gasteiger partial charge >= 0.3 is 0 Å². The molecule has 4 rings (SSSR count). The summed E-state index contributed by atoms with van der Waals surface area (Å²) in [5, 5.41) is 0. The van der Waals surface area contributed by atoms with Crippen LogP contribution in [0, 0.1) is 0 Å². The van der Waals surface area contributed by atoms with Crippen LogP contribution in [0.1, 0.15) is 30.3 Å². The van der Waals surface area contributed by atoms with Crippen molar-refractivity contribution in [2.45, 2.75) is 25.3 Å². The molecule has 3 aromatic rings. The van der Waals surface area contributed by atoms with E-state index in [1.54, 1.807) is 7.11 Å². The predicted molar refractivity (Wildman–Crippen MR) is 81.6 cm³/mol. The normalized spacial score (nSPS) is 14.5. The van der Waals surface area contributed by atoms with Crippen molar-refractivity contribution in [1.82, 2.24) is 14.5 Å². The number of para-hydroxylation sites is 1. The molecule has 0 spiro atoms. The van der Waals surface area contributed by atoms with Gasteiger partial charge in [-0.2, -0.15) is 0 Å². The van der Waals surface area contributed by atoms with E-state index in [1.165, 1.54) is 12.8 Å². The number of hydrogen-bond acceptors (Lipinski definition) is 3. The van der Waals surface area contributed by atoms with Crippen molar-refractivity contribution in [3.63, 3.8) is 0 Å². The molecule has 1 aromatic carbocycles. The van der Waals surface area contributed by atoms with Gasteiger partial charge in [-0.1, -0.05) is 18.2 Å². The Balaban J connectivity index is 1.81. The van der Waals surface area contributed by atoms with Crippen molar-refractivity contribution in [3.8, 4) is 5.75 Å². The number of methoxy groups -OCH3 is 1. The molecular formula is C17H17N3O. The molecule has 0 atom stereocenters. The first kappa shape index (κ1) is 12.4. The van der Waals surface area contributed by atoms with Gasteiger partial charge in [0.05, 0.1) is 7.11 Å². The minimum absolute atomic E-state index is 0.564. The fourth-order valence-electron chi connectivity index (χ4n) is 2.84. The van der Waals surface area contributed by atoms with Gasteiger partial charge in [0.1, 0.15) is 17.1 Å². The molecule has 21 heavy (non-hydrogen) atoms. The zero-order valence-corrected chi connectivity index (χ0v) is 12.0. The van der Waals surface area contributed by atoms with Crippen LogP contribution in [-0.4, -0.2) is 21.6 Å². The van der Waals surface area contributed by atoms with Gasteiger partial charge in [0.2, 0.25) is 0 Å². The molecule has 1 saturated carbocycles. The molecule has 1 aliphatic rings. The van der Waals surface area contributed by atoms with Crippen LogP contribution in [0.15, 0.2) is 42.6 Å². The van der Waals surface area contributed by atoms with Crippen LogP contribution in [0.5, 0.6) is 5.75 Å². The summed E-state index contributed by atoms with van der Waals surface area (Å²) in [5.74, 6) is 2.00. The number of aromatic nitrogens is 3. The molecule has 0 unspecified atom stereocenters. The van der Waals surface area contributed by atoms with Gasteiger partial charge in [-0.3, -0.25) is 0 Å². The summed E-state index contributed by atoms with van der Waals surface area (Å²) in [6.45, 7) is 0. The van der Waals surface area contributed by atoms with E-state index in [2.05, 4.69) is 15.6 Å². The van der Waals surface area contributed by atoms with E-state index < -0.39 is 0 Å². The highest BCUT2D eigenvalue weighted by Crippen LogP contribution is 2.38. The number of ether oxygens (including phenoxy) is 1. The standard InChI is InChI=1S/C17H17N3O/c1-21-15-7-3-2-5-12(15)11-16-19-14-6-4-10-18-17(14)20(16)13-8-9-13/h2-7,10,13H,8-9,11H2,1H3. The summed E-state index contributed by atoms with van der Waals surface area (Å²) >= 11 is 0. The molecule has 0 radical (unpaired) electrons. The Bertz CT molecular complexity index is 790. The van der Waals surface area contributed by atoms with E-state index in [0.717, 1.165) is 34.7 Å². The summed E-state index contributed by atoms with van der Waals surface area (Å²) in [7, 11) is 1.71. The van der Waals surface area contributed by atoms with E-state index in [-0.39, 0.29) is 0 Å². The quantitative estimate of drug-likeness (QED) is 0.735. The maximum absolute atomic E-state index is 5.45. The van der Waals surface area contributed by atoms with E-state index >= 15 is 0 Å². The Morgan fingerprint density at radius 1 is 1.19 bits per heavy atom. The maximum atomic E-state index is 5.45. The zero-order valence-electron chi connectivity index (χ0n) is 12.0. The first-order chi connectivity index (χ1) is 10.4. The lowest BCUT2D eigenvalue weighted by atomic mass is 10.1. The molecule has 106 valence electrons. The van der Waals surface area contributed by atoms with Gasteiger partial charge in [-0.15, -0.1) is 0 Å². The predicted octanol–water partition coefficient (Wildman–Crippen LogP) is 3.37. The SMILES string of the molecule is COc1ccccc1Cc1nc2cccnc2n1C1CC1. The van der Waals surface area contributed by atoms with Crippen LogP contribution in [0.4, 0.5) is 0 Å². The van der Waals surface area contributed by atoms with Gasteiger partial charge in [-0.05, 0) is 31.0 Å². The average molecular weight is 279 g/mol. The Kier molecular flexibility index (Phi) is 2.88. The number of rotatable bonds is 4. The van der Waals surface area contributed by atoms with Crippen LogP contribution in [0.25, 0.3) is 11.2 Å². The lowest BCUT2D eigenvalue weighted by molar-refractivity contribution is 0.410. The molecule has 0 N–H and O–H groups in total. The van der Waals surface area contributed by atoms with Gasteiger partial charge in [0.15, 0.2) is 5.65 Å². The molecule has 2 aromatic heterocycles. The highest BCUT2D eigenvalue weighted by Gasteiger charge is 2.28. The van der Waals surface area contributed by atoms with E-state index in [0.29, 0.717) is 6.04 Å². The molecule has 0 bridgehead atoms. The third-order valence-corrected chi connectivity index (χ3v) is 3.97. The number of benzene rings is 1. The van der Waals surface area contributed by atoms with Crippen LogP contribution in [-0.2, 0) is 6.42 Å². The first-order valence-corrected chi connectivity index (χ1v) is 7.30. The molecular weight excluding hydrogens is 262 g/mol. The van der Waals surface area contributed by atoms with Crippen molar-refractivity contribution in [1.29, 1.82) is 0 Å². The van der Waals surface area contributed by atoms with Gasteiger partial charge in [-0.25, -0.2) is 9.97 Å². The molecule has 2 heterocycles. The molecule has 1 aliphatic carbocycles. The summed E-state index contributed by atoms with van der Waals surface area (Å²) in [6.07, 6.45) is 5.06. The summed E-state index contributed by atoms with van der Waals surface area (Å²) in [6, 6.07) is 12.7. The summed E-state index contributed by atoms with van der Waals surface area (Å²) < 4.78 is 7.76. The summed E-state index contributed by atoms with van der Waals surface area (Å²) in [4.78, 5) is 9.31. The van der Waals surface area contributed by atoms with E-state index in [4.69, 9.17) is 9.72 Å². The number of hydrogen-bond donors (Lipinski definition) is 0. The number of fused-ring (bicyclic) bond motifs is 1. The highest BCUT2D eigenvalue weighted by molar-refractivity contribution is 5.71. The Morgan fingerprint density at radius 2 is 2.05 bits per heavy atom. The second-order valence-electron chi connectivity index (χ2n) is 5.46. The van der Waals surface area contributed by atoms with Crippen LogP contribution < -0.4 is 4.74 Å². The highest BCUT2D eigenvalue weighted by atomic mass is 16.5. The lowest BCUT2D eigenvalue weighted by Gasteiger charge is -2.10. The van der Waals surface area contributed by atoms with Crippen molar-refractivity contribution in [2.24, 2.45) is 0 Å². The third-order valence-electron chi connectivity index (χ3n) is 3.97. The van der Waals surface area contributed by atoms with E-state index in [9.17, 15) is 0 Å². The molecule has 0 amide bonds. The van der Waals surface area contributed by atoms with Gasteiger partial charge in [0, 0.05) is 24.2 Å². The Labute approximate surface area is 123 Å². The average Bonchev–Trinajstić information content (AvgIpc) is 3.29. The van der Waals surface area contributed by atoms with Crippen LogP contribution in [0.3, 0.4) is 0 Å². The van der Waals surface area contributed by atoms with Crippen molar-refractivity contribution in [3.05, 3.63) is 54.0 Å².